The zero-order chi connectivity index (χ0) is 22.0. The monoisotopic (exact) mass is 443 g/mol. The Bertz CT molecular complexity index is 1090. The van der Waals surface area contributed by atoms with E-state index in [1.165, 1.54) is 21.3 Å². The number of ether oxygens (including phenoxy) is 1. The highest BCUT2D eigenvalue weighted by molar-refractivity contribution is 7.89. The molecule has 1 fully saturated rings. The maximum Gasteiger partial charge on any atom is 0.265 e. The van der Waals surface area contributed by atoms with Gasteiger partial charge in [0.15, 0.2) is 6.61 Å². The molecule has 4 rings (SSSR count). The van der Waals surface area contributed by atoms with Gasteiger partial charge in [-0.25, -0.2) is 8.42 Å². The number of sulfonamides is 1. The lowest BCUT2D eigenvalue weighted by molar-refractivity contribution is -0.123. The van der Waals surface area contributed by atoms with Gasteiger partial charge in [0, 0.05) is 18.8 Å². The van der Waals surface area contributed by atoms with Gasteiger partial charge < -0.3 is 10.1 Å². The number of piperidine rings is 1. The fourth-order valence-corrected chi connectivity index (χ4v) is 5.29. The highest BCUT2D eigenvalue weighted by Crippen LogP contribution is 2.35. The highest BCUT2D eigenvalue weighted by Gasteiger charge is 2.31. The first kappa shape index (κ1) is 21.3. The topological polar surface area (TPSA) is 96.0 Å². The molecule has 0 aromatic heterocycles. The lowest BCUT2D eigenvalue weighted by Crippen LogP contribution is -2.43. The van der Waals surface area contributed by atoms with Crippen LogP contribution in [0.2, 0.25) is 0 Å². The Morgan fingerprint density at radius 3 is 2.48 bits per heavy atom. The summed E-state index contributed by atoms with van der Waals surface area (Å²) < 4.78 is 33.0. The summed E-state index contributed by atoms with van der Waals surface area (Å²) in [6.07, 6.45) is 2.68. The van der Waals surface area contributed by atoms with Gasteiger partial charge in [-0.05, 0) is 50.1 Å². The average molecular weight is 444 g/mol. The van der Waals surface area contributed by atoms with E-state index in [9.17, 15) is 18.0 Å². The molecule has 2 aromatic rings. The second-order valence-corrected chi connectivity index (χ2v) is 9.71. The number of nitrogens with zero attached hydrogens (tertiary/aromatic N) is 2. The molecule has 2 heterocycles. The fraction of sp³-hybridized carbons (Fsp3) is 0.364. The molecule has 2 aliphatic heterocycles. The van der Waals surface area contributed by atoms with Crippen molar-refractivity contribution < 1.29 is 22.7 Å². The van der Waals surface area contributed by atoms with Crippen molar-refractivity contribution in [2.24, 2.45) is 0 Å². The summed E-state index contributed by atoms with van der Waals surface area (Å²) >= 11 is 0. The van der Waals surface area contributed by atoms with Crippen LogP contribution in [-0.2, 0) is 19.6 Å². The highest BCUT2D eigenvalue weighted by atomic mass is 32.2. The summed E-state index contributed by atoms with van der Waals surface area (Å²) in [4.78, 5) is 26.5. The first-order valence-electron chi connectivity index (χ1n) is 10.3. The summed E-state index contributed by atoms with van der Waals surface area (Å²) in [6.45, 7) is 2.47. The molecule has 0 aliphatic carbocycles. The van der Waals surface area contributed by atoms with Crippen LogP contribution in [-0.4, -0.2) is 50.8 Å². The number of benzene rings is 2. The predicted molar refractivity (Wildman–Crippen MR) is 117 cm³/mol. The predicted octanol–water partition coefficient (Wildman–Crippen LogP) is 2.53. The Balaban J connectivity index is 1.58. The summed E-state index contributed by atoms with van der Waals surface area (Å²) in [5.74, 6) is -0.409. The van der Waals surface area contributed by atoms with Gasteiger partial charge in [0.1, 0.15) is 12.3 Å². The van der Waals surface area contributed by atoms with Crippen LogP contribution in [0.25, 0.3) is 0 Å². The second-order valence-electron chi connectivity index (χ2n) is 7.78. The number of hydrogen-bond acceptors (Lipinski definition) is 5. The van der Waals surface area contributed by atoms with E-state index >= 15 is 0 Å². The number of carbonyl (C=O) groups is 2. The summed E-state index contributed by atoms with van der Waals surface area (Å²) in [7, 11) is -3.68. The lowest BCUT2D eigenvalue weighted by Gasteiger charge is -2.30. The van der Waals surface area contributed by atoms with Crippen LogP contribution in [0.15, 0.2) is 47.4 Å². The molecule has 0 bridgehead atoms. The van der Waals surface area contributed by atoms with Crippen LogP contribution in [0.1, 0.15) is 24.8 Å². The number of carbonyl (C=O) groups excluding carboxylic acids is 2. The Hall–Kier alpha value is -2.91. The molecule has 2 aromatic carbocycles. The number of nitrogens with one attached hydrogen (secondary N) is 1. The van der Waals surface area contributed by atoms with Crippen molar-refractivity contribution in [1.82, 2.24) is 4.31 Å². The van der Waals surface area contributed by atoms with Crippen LogP contribution < -0.4 is 15.0 Å². The van der Waals surface area contributed by atoms with Crippen molar-refractivity contribution in [2.45, 2.75) is 31.1 Å². The molecule has 8 nitrogen and oxygen atoms in total. The number of rotatable bonds is 5. The molecule has 0 unspecified atom stereocenters. The summed E-state index contributed by atoms with van der Waals surface area (Å²) in [5.41, 5.74) is 1.98. The second kappa shape index (κ2) is 8.68. The smallest absolute Gasteiger partial charge is 0.265 e. The maximum absolute atomic E-state index is 13.1. The Morgan fingerprint density at radius 2 is 1.77 bits per heavy atom. The lowest BCUT2D eigenvalue weighted by atomic mass is 10.2. The molecule has 2 amide bonds. The number of amides is 2. The molecule has 1 saturated heterocycles. The van der Waals surface area contributed by atoms with Gasteiger partial charge in [-0.1, -0.05) is 24.1 Å². The van der Waals surface area contributed by atoms with Gasteiger partial charge in [0.05, 0.1) is 10.6 Å². The molecule has 0 saturated carbocycles. The SMILES string of the molecule is Cc1ccc(NC(=O)CN2C(=O)COc3ccc(S(=O)(=O)N4CCCCC4)cc32)cc1. The van der Waals surface area contributed by atoms with E-state index in [0.717, 1.165) is 24.8 Å². The zero-order valence-electron chi connectivity index (χ0n) is 17.3. The fourth-order valence-electron chi connectivity index (χ4n) is 3.75. The minimum Gasteiger partial charge on any atom is -0.482 e. The Labute approximate surface area is 181 Å². The summed E-state index contributed by atoms with van der Waals surface area (Å²) in [5, 5.41) is 2.76. The van der Waals surface area contributed by atoms with E-state index in [-0.39, 0.29) is 29.6 Å². The van der Waals surface area contributed by atoms with Gasteiger partial charge in [-0.3, -0.25) is 14.5 Å². The first-order valence-corrected chi connectivity index (χ1v) is 11.7. The minimum atomic E-state index is -3.68. The third kappa shape index (κ3) is 4.57. The van der Waals surface area contributed by atoms with Crippen LogP contribution >= 0.6 is 0 Å². The first-order chi connectivity index (χ1) is 14.8. The largest absolute Gasteiger partial charge is 0.482 e. The number of anilines is 2. The Kier molecular flexibility index (Phi) is 5.97. The van der Waals surface area contributed by atoms with Crippen molar-refractivity contribution in [2.75, 3.05) is 36.5 Å². The van der Waals surface area contributed by atoms with Gasteiger partial charge in [-0.2, -0.15) is 4.31 Å². The van der Waals surface area contributed by atoms with Gasteiger partial charge in [-0.15, -0.1) is 0 Å². The molecule has 9 heteroatoms. The average Bonchev–Trinajstić information content (AvgIpc) is 2.77. The molecule has 2 aliphatic rings. The molecule has 164 valence electrons. The minimum absolute atomic E-state index is 0.0930. The quantitative estimate of drug-likeness (QED) is 0.766. The molecule has 31 heavy (non-hydrogen) atoms. The van der Waals surface area contributed by atoms with Crippen molar-refractivity contribution in [3.05, 3.63) is 48.0 Å². The zero-order valence-corrected chi connectivity index (χ0v) is 18.2. The number of aryl methyl sites for hydroxylation is 1. The summed E-state index contributed by atoms with van der Waals surface area (Å²) in [6, 6.07) is 11.8. The molecular formula is C22H25N3O5S. The van der Waals surface area contributed by atoms with Crippen molar-refractivity contribution >= 4 is 33.2 Å². The number of fused-ring (bicyclic) bond motifs is 1. The standard InChI is InChI=1S/C22H25N3O5S/c1-16-5-7-17(8-6-16)23-21(26)14-25-19-13-18(9-10-20(19)30-15-22(25)27)31(28,29)24-11-3-2-4-12-24/h5-10,13H,2-4,11-12,14-15H2,1H3,(H,23,26). The van der Waals surface area contributed by atoms with E-state index in [1.807, 2.05) is 19.1 Å². The molecule has 0 spiro atoms. The Morgan fingerprint density at radius 1 is 1.06 bits per heavy atom. The van der Waals surface area contributed by atoms with E-state index < -0.39 is 15.9 Å². The number of hydrogen-bond donors (Lipinski definition) is 1. The van der Waals surface area contributed by atoms with Gasteiger partial charge >= 0.3 is 0 Å². The normalized spacial score (nSPS) is 17.1. The van der Waals surface area contributed by atoms with E-state index in [4.69, 9.17) is 4.74 Å². The van der Waals surface area contributed by atoms with Crippen molar-refractivity contribution in [1.29, 1.82) is 0 Å². The van der Waals surface area contributed by atoms with E-state index in [0.29, 0.717) is 24.5 Å². The van der Waals surface area contributed by atoms with Gasteiger partial charge in [0.25, 0.3) is 5.91 Å². The van der Waals surface area contributed by atoms with Crippen LogP contribution in [0.5, 0.6) is 5.75 Å². The van der Waals surface area contributed by atoms with Crippen LogP contribution in [0, 0.1) is 6.92 Å². The molecule has 0 atom stereocenters. The van der Waals surface area contributed by atoms with E-state index in [1.54, 1.807) is 18.2 Å². The van der Waals surface area contributed by atoms with E-state index in [2.05, 4.69) is 5.32 Å². The van der Waals surface area contributed by atoms with Crippen LogP contribution in [0.4, 0.5) is 11.4 Å². The third-order valence-corrected chi connectivity index (χ3v) is 7.36. The third-order valence-electron chi connectivity index (χ3n) is 5.46. The molecule has 0 radical (unpaired) electrons. The molecular weight excluding hydrogens is 418 g/mol. The van der Waals surface area contributed by atoms with Crippen molar-refractivity contribution in [3.8, 4) is 5.75 Å². The van der Waals surface area contributed by atoms with Crippen LogP contribution in [0.3, 0.4) is 0 Å². The van der Waals surface area contributed by atoms with Crippen molar-refractivity contribution in [3.63, 3.8) is 0 Å². The maximum atomic E-state index is 13.1. The van der Waals surface area contributed by atoms with Gasteiger partial charge in [0.2, 0.25) is 15.9 Å². The molecule has 1 N–H and O–H groups in total.